The van der Waals surface area contributed by atoms with Crippen molar-refractivity contribution in [2.75, 3.05) is 11.9 Å². The van der Waals surface area contributed by atoms with Crippen molar-refractivity contribution in [2.24, 2.45) is 0 Å². The quantitative estimate of drug-likeness (QED) is 0.682. The van der Waals surface area contributed by atoms with E-state index in [0.717, 1.165) is 6.07 Å². The number of rotatable bonds is 4. The van der Waals surface area contributed by atoms with Crippen molar-refractivity contribution >= 4 is 29.2 Å². The predicted octanol–water partition coefficient (Wildman–Crippen LogP) is 3.55. The average Bonchev–Trinajstić information content (AvgIpc) is 2.53. The molecular weight excluding hydrogens is 335 g/mol. The molecule has 1 N–H and O–H groups in total. The molecule has 8 heteroatoms. The van der Waals surface area contributed by atoms with Gasteiger partial charge < -0.3 is 10.1 Å². The molecule has 2 rings (SSSR count). The fraction of sp³-hybridized carbons (Fsp3) is 0.0667. The van der Waals surface area contributed by atoms with Gasteiger partial charge in [-0.2, -0.15) is 0 Å². The normalized spacial score (nSPS) is 10.3. The van der Waals surface area contributed by atoms with Gasteiger partial charge in [0.1, 0.15) is 0 Å². The van der Waals surface area contributed by atoms with E-state index >= 15 is 0 Å². The number of nitrogens with one attached hydrogen (secondary N) is 1. The number of esters is 1. The molecule has 0 fully saturated rings. The van der Waals surface area contributed by atoms with Gasteiger partial charge >= 0.3 is 5.97 Å². The van der Waals surface area contributed by atoms with Crippen molar-refractivity contribution in [1.82, 2.24) is 0 Å². The lowest BCUT2D eigenvalue weighted by Crippen LogP contribution is -2.22. The summed E-state index contributed by atoms with van der Waals surface area (Å²) in [7, 11) is 0. The largest absolute Gasteiger partial charge is 0.452 e. The van der Waals surface area contributed by atoms with Gasteiger partial charge in [0.2, 0.25) is 0 Å². The van der Waals surface area contributed by atoms with Crippen LogP contribution in [-0.2, 0) is 9.53 Å². The summed E-state index contributed by atoms with van der Waals surface area (Å²) in [6.45, 7) is -0.748. The summed E-state index contributed by atoms with van der Waals surface area (Å²) < 4.78 is 43.9. The number of anilines is 1. The third kappa shape index (κ3) is 4.01. The molecule has 0 atom stereocenters. The summed E-state index contributed by atoms with van der Waals surface area (Å²) in [5.74, 6) is -6.41. The van der Waals surface area contributed by atoms with Crippen molar-refractivity contribution in [3.8, 4) is 0 Å². The Bertz CT molecular complexity index is 768. The number of halogens is 4. The van der Waals surface area contributed by atoms with Crippen LogP contribution < -0.4 is 5.32 Å². The minimum absolute atomic E-state index is 0.0565. The molecule has 0 saturated carbocycles. The highest BCUT2D eigenvalue weighted by Gasteiger charge is 2.17. The molecule has 0 aromatic heterocycles. The lowest BCUT2D eigenvalue weighted by atomic mass is 10.2. The second-order valence-electron chi connectivity index (χ2n) is 4.33. The summed E-state index contributed by atoms with van der Waals surface area (Å²) >= 11 is 5.79. The Labute approximate surface area is 133 Å². The first-order valence-electron chi connectivity index (χ1n) is 6.25. The molecule has 2 aromatic carbocycles. The second kappa shape index (κ2) is 7.15. The molecule has 120 valence electrons. The molecule has 1 amide bonds. The minimum Gasteiger partial charge on any atom is -0.452 e. The molecule has 0 aliphatic heterocycles. The summed E-state index contributed by atoms with van der Waals surface area (Å²) in [5, 5.41) is 2.11. The van der Waals surface area contributed by atoms with E-state index in [4.69, 9.17) is 16.3 Å². The maximum absolute atomic E-state index is 13.4. The summed E-state index contributed by atoms with van der Waals surface area (Å²) in [6, 6.07) is 7.54. The van der Waals surface area contributed by atoms with Gasteiger partial charge in [-0.15, -0.1) is 0 Å². The molecule has 0 aliphatic carbocycles. The first-order chi connectivity index (χ1) is 10.9. The van der Waals surface area contributed by atoms with Crippen LogP contribution in [0, 0.1) is 17.5 Å². The Morgan fingerprint density at radius 2 is 1.74 bits per heavy atom. The van der Waals surface area contributed by atoms with Gasteiger partial charge in [0, 0.05) is 0 Å². The number of carbonyl (C=O) groups excluding carboxylic acids is 2. The highest BCUT2D eigenvalue weighted by molar-refractivity contribution is 6.33. The Kier molecular flexibility index (Phi) is 5.23. The molecule has 0 saturated heterocycles. The monoisotopic (exact) mass is 343 g/mol. The van der Waals surface area contributed by atoms with Crippen molar-refractivity contribution in [3.63, 3.8) is 0 Å². The molecule has 0 spiro atoms. The van der Waals surface area contributed by atoms with Crippen LogP contribution in [0.3, 0.4) is 0 Å². The smallest absolute Gasteiger partial charge is 0.340 e. The highest BCUT2D eigenvalue weighted by atomic mass is 35.5. The highest BCUT2D eigenvalue weighted by Crippen LogP contribution is 2.19. The van der Waals surface area contributed by atoms with Crippen LogP contribution in [-0.4, -0.2) is 18.5 Å². The first kappa shape index (κ1) is 16.8. The Morgan fingerprint density at radius 3 is 2.43 bits per heavy atom. The van der Waals surface area contributed by atoms with Crippen molar-refractivity contribution in [1.29, 1.82) is 0 Å². The molecule has 0 unspecified atom stereocenters. The van der Waals surface area contributed by atoms with Gasteiger partial charge in [-0.3, -0.25) is 4.79 Å². The number of ether oxygens (including phenoxy) is 1. The van der Waals surface area contributed by atoms with Gasteiger partial charge in [0.25, 0.3) is 5.91 Å². The van der Waals surface area contributed by atoms with E-state index in [9.17, 15) is 22.8 Å². The van der Waals surface area contributed by atoms with Crippen molar-refractivity contribution in [3.05, 3.63) is 64.4 Å². The van der Waals surface area contributed by atoms with E-state index in [1.165, 1.54) is 12.1 Å². The zero-order valence-electron chi connectivity index (χ0n) is 11.4. The van der Waals surface area contributed by atoms with Gasteiger partial charge in [-0.25, -0.2) is 18.0 Å². The van der Waals surface area contributed by atoms with Crippen LogP contribution in [0.25, 0.3) is 0 Å². The van der Waals surface area contributed by atoms with Gasteiger partial charge in [-0.1, -0.05) is 23.7 Å². The Balaban J connectivity index is 1.97. The summed E-state index contributed by atoms with van der Waals surface area (Å²) in [4.78, 5) is 23.3. The van der Waals surface area contributed by atoms with E-state index in [-0.39, 0.29) is 10.6 Å². The van der Waals surface area contributed by atoms with E-state index < -0.39 is 41.6 Å². The van der Waals surface area contributed by atoms with E-state index in [1.807, 2.05) is 5.32 Å². The average molecular weight is 344 g/mol. The molecule has 0 aliphatic rings. The number of hydrogen-bond donors (Lipinski definition) is 1. The van der Waals surface area contributed by atoms with Crippen LogP contribution in [0.5, 0.6) is 0 Å². The van der Waals surface area contributed by atoms with E-state index in [0.29, 0.717) is 6.07 Å². The number of hydrogen-bond acceptors (Lipinski definition) is 3. The fourth-order valence-corrected chi connectivity index (χ4v) is 1.86. The second-order valence-corrected chi connectivity index (χ2v) is 4.73. The topological polar surface area (TPSA) is 55.4 Å². The molecule has 0 bridgehead atoms. The molecule has 0 radical (unpaired) electrons. The van der Waals surface area contributed by atoms with E-state index in [2.05, 4.69) is 0 Å². The molecule has 0 heterocycles. The Hall–Kier alpha value is -2.54. The van der Waals surface area contributed by atoms with Crippen LogP contribution in [0.1, 0.15) is 10.4 Å². The zero-order chi connectivity index (χ0) is 17.0. The van der Waals surface area contributed by atoms with Crippen LogP contribution in [0.4, 0.5) is 18.9 Å². The number of amides is 1. The standard InChI is InChI=1S/C15H9ClF3NO3/c16-9-4-2-1-3-8(9)15(22)23-7-12(21)20-11-6-5-10(17)13(18)14(11)19/h1-6H,7H2,(H,20,21). The zero-order valence-corrected chi connectivity index (χ0v) is 12.2. The summed E-state index contributed by atoms with van der Waals surface area (Å²) in [5.41, 5.74) is -0.510. The minimum atomic E-state index is -1.71. The lowest BCUT2D eigenvalue weighted by molar-refractivity contribution is -0.119. The maximum atomic E-state index is 13.4. The van der Waals surface area contributed by atoms with E-state index in [1.54, 1.807) is 12.1 Å². The fourth-order valence-electron chi connectivity index (χ4n) is 1.64. The van der Waals surface area contributed by atoms with Crippen molar-refractivity contribution < 1.29 is 27.5 Å². The lowest BCUT2D eigenvalue weighted by Gasteiger charge is -2.08. The summed E-state index contributed by atoms with van der Waals surface area (Å²) in [6.07, 6.45) is 0. The van der Waals surface area contributed by atoms with Gasteiger partial charge in [-0.05, 0) is 24.3 Å². The Morgan fingerprint density at radius 1 is 1.04 bits per heavy atom. The number of carbonyl (C=O) groups is 2. The predicted molar refractivity (Wildman–Crippen MR) is 76.7 cm³/mol. The SMILES string of the molecule is O=C(COC(=O)c1ccccc1Cl)Nc1ccc(F)c(F)c1F. The molecular formula is C15H9ClF3NO3. The van der Waals surface area contributed by atoms with Crippen LogP contribution >= 0.6 is 11.6 Å². The van der Waals surface area contributed by atoms with Gasteiger partial charge in [0.15, 0.2) is 24.1 Å². The third-order valence-electron chi connectivity index (χ3n) is 2.74. The third-order valence-corrected chi connectivity index (χ3v) is 3.07. The van der Waals surface area contributed by atoms with Crippen LogP contribution in [0.2, 0.25) is 5.02 Å². The number of benzene rings is 2. The maximum Gasteiger partial charge on any atom is 0.340 e. The molecule has 2 aromatic rings. The molecule has 4 nitrogen and oxygen atoms in total. The van der Waals surface area contributed by atoms with Crippen LogP contribution in [0.15, 0.2) is 36.4 Å². The van der Waals surface area contributed by atoms with Crippen molar-refractivity contribution in [2.45, 2.75) is 0 Å². The molecule has 23 heavy (non-hydrogen) atoms. The first-order valence-corrected chi connectivity index (χ1v) is 6.63. The van der Waals surface area contributed by atoms with Gasteiger partial charge in [0.05, 0.1) is 16.3 Å².